The average Bonchev–Trinajstić information content (AvgIpc) is 2.26. The number of hydrogen-bond donors (Lipinski definition) is 0. The maximum absolute atomic E-state index is 13.3. The monoisotopic (exact) mass is 265 g/mol. The summed E-state index contributed by atoms with van der Waals surface area (Å²) in [5.74, 6) is 0. The topological polar surface area (TPSA) is 3.24 Å². The van der Waals surface area contributed by atoms with Crippen LogP contribution < -0.4 is 10.4 Å². The normalized spacial score (nSPS) is 21.7. The highest BCUT2D eigenvalue weighted by atomic mass is 19.2. The molecule has 2 rings (SSSR count). The van der Waals surface area contributed by atoms with E-state index >= 15 is 0 Å². The molecule has 1 aromatic carbocycles. The molecule has 1 fully saturated rings. The summed E-state index contributed by atoms with van der Waals surface area (Å²) in [7, 11) is -2.43. The van der Waals surface area contributed by atoms with E-state index in [4.69, 9.17) is 0 Å². The Kier molecular flexibility index (Phi) is 3.63. The third-order valence-corrected chi connectivity index (χ3v) is 4.20. The number of anilines is 1. The van der Waals surface area contributed by atoms with Crippen LogP contribution >= 0.6 is 0 Å². The number of rotatable bonds is 2. The van der Waals surface area contributed by atoms with E-state index in [0.717, 1.165) is 19.3 Å². The molecule has 1 saturated heterocycles. The highest BCUT2D eigenvalue weighted by Gasteiger charge is 2.41. The van der Waals surface area contributed by atoms with Crippen molar-refractivity contribution in [1.82, 2.24) is 0 Å². The van der Waals surface area contributed by atoms with Gasteiger partial charge in [0.1, 0.15) is 0 Å². The Bertz CT molecular complexity index is 441. The summed E-state index contributed by atoms with van der Waals surface area (Å²) < 4.78 is 26.5. The second kappa shape index (κ2) is 4.80. The first kappa shape index (κ1) is 14.4. The molecule has 1 radical (unpaired) electrons. The van der Waals surface area contributed by atoms with Crippen LogP contribution in [0.5, 0.6) is 0 Å². The van der Waals surface area contributed by atoms with Crippen molar-refractivity contribution in [2.45, 2.75) is 58.0 Å². The fourth-order valence-electron chi connectivity index (χ4n) is 3.52. The molecular formula is C15H22BF2N-. The molecule has 105 valence electrons. The van der Waals surface area contributed by atoms with Crippen LogP contribution in [0.3, 0.4) is 0 Å². The number of nitrogens with zero attached hydrogens (tertiary/aromatic N) is 1. The van der Waals surface area contributed by atoms with Crippen LogP contribution in [-0.4, -0.2) is 18.3 Å². The highest BCUT2D eigenvalue weighted by molar-refractivity contribution is 6.61. The Morgan fingerprint density at radius 3 is 2.05 bits per heavy atom. The molecule has 1 aromatic rings. The van der Waals surface area contributed by atoms with Crippen molar-refractivity contribution in [1.29, 1.82) is 0 Å². The Morgan fingerprint density at radius 2 is 1.53 bits per heavy atom. The van der Waals surface area contributed by atoms with E-state index in [1.54, 1.807) is 12.1 Å². The number of para-hydroxylation sites is 1. The summed E-state index contributed by atoms with van der Waals surface area (Å²) in [4.78, 5) is 2.20. The molecule has 0 bridgehead atoms. The smallest absolute Gasteiger partial charge is 0.262 e. The van der Waals surface area contributed by atoms with Crippen LogP contribution in [0.2, 0.25) is 0 Å². The second-order valence-corrected chi connectivity index (χ2v) is 6.67. The van der Waals surface area contributed by atoms with E-state index in [9.17, 15) is 8.63 Å². The predicted octanol–water partition coefficient (Wildman–Crippen LogP) is 3.87. The van der Waals surface area contributed by atoms with Crippen LogP contribution in [0.1, 0.15) is 47.0 Å². The van der Waals surface area contributed by atoms with Gasteiger partial charge in [-0.1, -0.05) is 18.2 Å². The summed E-state index contributed by atoms with van der Waals surface area (Å²) in [5.41, 5.74) is 0.650. The zero-order chi connectivity index (χ0) is 14.3. The molecule has 0 unspecified atom stereocenters. The molecule has 0 saturated carbocycles. The van der Waals surface area contributed by atoms with Crippen LogP contribution in [0, 0.1) is 0 Å². The van der Waals surface area contributed by atoms with Gasteiger partial charge in [0.2, 0.25) is 0 Å². The summed E-state index contributed by atoms with van der Waals surface area (Å²) in [6, 6.07) is 6.91. The maximum Gasteiger partial charge on any atom is 0.262 e. The lowest BCUT2D eigenvalue weighted by molar-refractivity contribution is 0.244. The maximum atomic E-state index is 13.3. The Labute approximate surface area is 115 Å². The van der Waals surface area contributed by atoms with Crippen LogP contribution in [0.15, 0.2) is 24.3 Å². The predicted molar refractivity (Wildman–Crippen MR) is 78.5 cm³/mol. The Morgan fingerprint density at radius 1 is 1.00 bits per heavy atom. The van der Waals surface area contributed by atoms with Gasteiger partial charge in [-0.3, -0.25) is 0 Å². The van der Waals surface area contributed by atoms with Crippen molar-refractivity contribution in [3.63, 3.8) is 0 Å². The lowest BCUT2D eigenvalue weighted by Gasteiger charge is -2.55. The van der Waals surface area contributed by atoms with Crippen LogP contribution in [0.4, 0.5) is 14.3 Å². The third kappa shape index (κ3) is 2.63. The summed E-state index contributed by atoms with van der Waals surface area (Å²) in [6.07, 6.45) is 3.22. The molecule has 1 heterocycles. The van der Waals surface area contributed by atoms with Gasteiger partial charge in [-0.2, -0.15) is 0 Å². The first-order valence-corrected chi connectivity index (χ1v) is 6.93. The van der Waals surface area contributed by atoms with Gasteiger partial charge in [-0.25, -0.2) is 0 Å². The lowest BCUT2D eigenvalue weighted by atomic mass is 9.76. The summed E-state index contributed by atoms with van der Waals surface area (Å²) in [6.45, 7) is 8.60. The molecule has 1 nitrogen and oxygen atoms in total. The molecule has 0 N–H and O–H groups in total. The standard InChI is InChI=1S/C15H22BF2N/c1-14(2)10-7-11-15(3,4)19(14)13-9-6-5-8-12(13)16(17)18/h5-6,8-9H,7,10-11H2,1-4H3/q-1. The van der Waals surface area contributed by atoms with Crippen molar-refractivity contribution < 1.29 is 8.63 Å². The first-order valence-electron chi connectivity index (χ1n) is 6.93. The molecule has 1 aliphatic rings. The quantitative estimate of drug-likeness (QED) is 0.734. The number of piperidine rings is 1. The van der Waals surface area contributed by atoms with Crippen molar-refractivity contribution >= 4 is 18.4 Å². The molecule has 1 aliphatic heterocycles. The minimum atomic E-state index is -2.43. The summed E-state index contributed by atoms with van der Waals surface area (Å²) >= 11 is 0. The Balaban J connectivity index is 2.54. The van der Waals surface area contributed by atoms with Crippen molar-refractivity contribution in [3.05, 3.63) is 24.3 Å². The number of benzene rings is 1. The third-order valence-electron chi connectivity index (χ3n) is 4.20. The summed E-state index contributed by atoms with van der Waals surface area (Å²) in [5, 5.41) is 0. The van der Waals surface area contributed by atoms with Gasteiger partial charge in [-0.05, 0) is 53.0 Å². The number of hydrogen-bond acceptors (Lipinski definition) is 1. The van der Waals surface area contributed by atoms with Crippen LogP contribution in [0.25, 0.3) is 0 Å². The first-order chi connectivity index (χ1) is 8.76. The second-order valence-electron chi connectivity index (χ2n) is 6.67. The molecule has 19 heavy (non-hydrogen) atoms. The molecule has 0 aromatic heterocycles. The van der Waals surface area contributed by atoms with Gasteiger partial charge < -0.3 is 13.5 Å². The van der Waals surface area contributed by atoms with E-state index in [0.29, 0.717) is 5.69 Å². The van der Waals surface area contributed by atoms with Gasteiger partial charge in [0.15, 0.2) is 0 Å². The zero-order valence-electron chi connectivity index (χ0n) is 12.2. The van der Waals surface area contributed by atoms with Gasteiger partial charge in [0, 0.05) is 16.8 Å². The molecule has 4 heteroatoms. The van der Waals surface area contributed by atoms with E-state index in [-0.39, 0.29) is 16.5 Å². The van der Waals surface area contributed by atoms with Crippen molar-refractivity contribution in [2.75, 3.05) is 4.90 Å². The minimum absolute atomic E-state index is 0.0905. The van der Waals surface area contributed by atoms with E-state index in [2.05, 4.69) is 32.6 Å². The van der Waals surface area contributed by atoms with E-state index in [1.807, 2.05) is 12.1 Å². The van der Waals surface area contributed by atoms with E-state index < -0.39 is 7.27 Å². The Hall–Kier alpha value is -1.06. The van der Waals surface area contributed by atoms with Gasteiger partial charge in [-0.15, -0.1) is 5.46 Å². The SMILES string of the molecule is CC1(C)CCCC(C)(C)N1c1ccccc1[B-](F)F. The van der Waals surface area contributed by atoms with Crippen molar-refractivity contribution in [3.8, 4) is 0 Å². The average molecular weight is 265 g/mol. The van der Waals surface area contributed by atoms with Gasteiger partial charge in [0.05, 0.1) is 0 Å². The number of halogens is 2. The lowest BCUT2D eigenvalue weighted by Crippen LogP contribution is -2.60. The fourth-order valence-corrected chi connectivity index (χ4v) is 3.52. The molecule has 0 amide bonds. The van der Waals surface area contributed by atoms with E-state index in [1.165, 1.54) is 0 Å². The molecular weight excluding hydrogens is 243 g/mol. The minimum Gasteiger partial charge on any atom is -0.505 e. The van der Waals surface area contributed by atoms with Gasteiger partial charge >= 0.3 is 0 Å². The largest absolute Gasteiger partial charge is 0.505 e. The fraction of sp³-hybridized carbons (Fsp3) is 0.600. The highest BCUT2D eigenvalue weighted by Crippen LogP contribution is 2.41. The molecule has 0 spiro atoms. The van der Waals surface area contributed by atoms with Crippen LogP contribution in [-0.2, 0) is 0 Å². The molecule has 0 atom stereocenters. The van der Waals surface area contributed by atoms with Gasteiger partial charge in [0.25, 0.3) is 7.27 Å². The zero-order valence-corrected chi connectivity index (χ0v) is 12.2. The van der Waals surface area contributed by atoms with Crippen molar-refractivity contribution in [2.24, 2.45) is 0 Å². The molecule has 0 aliphatic carbocycles.